The van der Waals surface area contributed by atoms with E-state index in [1.165, 1.54) is 0 Å². The molecule has 0 saturated heterocycles. The second-order valence-corrected chi connectivity index (χ2v) is 13.2. The number of carbonyl (C=O) groups is 2. The van der Waals surface area contributed by atoms with Gasteiger partial charge in [-0.05, 0) is 75.7 Å². The van der Waals surface area contributed by atoms with Crippen LogP contribution in [0.1, 0.15) is 88.5 Å². The first-order valence-corrected chi connectivity index (χ1v) is 15.3. The highest BCUT2D eigenvalue weighted by Gasteiger charge is 2.38. The van der Waals surface area contributed by atoms with Gasteiger partial charge < -0.3 is 5.11 Å². The molecule has 1 atom stereocenters. The van der Waals surface area contributed by atoms with E-state index in [0.29, 0.717) is 6.42 Å². The molecule has 3 nitrogen and oxygen atoms in total. The Hall–Kier alpha value is -3.56. The lowest BCUT2D eigenvalue weighted by Gasteiger charge is -2.36. The maximum Gasteiger partial charge on any atom is 0.161 e. The molecule has 0 heterocycles. The van der Waals surface area contributed by atoms with Gasteiger partial charge in [-0.1, -0.05) is 135 Å². The van der Waals surface area contributed by atoms with Crippen LogP contribution in [0.5, 0.6) is 0 Å². The Bertz CT molecular complexity index is 1420. The van der Waals surface area contributed by atoms with Crippen molar-refractivity contribution in [1.82, 2.24) is 0 Å². The Kier molecular flexibility index (Phi) is 13.1. The summed E-state index contributed by atoms with van der Waals surface area (Å²) in [6.07, 6.45) is 29.8. The van der Waals surface area contributed by atoms with E-state index < -0.39 is 11.5 Å². The number of aliphatic hydroxyl groups excluding tert-OH is 1. The van der Waals surface area contributed by atoms with Gasteiger partial charge >= 0.3 is 0 Å². The van der Waals surface area contributed by atoms with Crippen LogP contribution in [0.4, 0.5) is 0 Å². The first kappa shape index (κ1) is 35.6. The van der Waals surface area contributed by atoms with Gasteiger partial charge in [-0.25, -0.2) is 0 Å². The van der Waals surface area contributed by atoms with E-state index in [4.69, 9.17) is 0 Å². The van der Waals surface area contributed by atoms with E-state index in [-0.39, 0.29) is 23.4 Å². The largest absolute Gasteiger partial charge is 0.392 e. The molecule has 43 heavy (non-hydrogen) atoms. The molecule has 0 radical (unpaired) electrons. The van der Waals surface area contributed by atoms with Crippen molar-refractivity contribution in [1.29, 1.82) is 0 Å². The summed E-state index contributed by atoms with van der Waals surface area (Å²) < 4.78 is 0. The lowest BCUT2D eigenvalue weighted by atomic mass is 9.70. The highest BCUT2D eigenvalue weighted by Crippen LogP contribution is 2.40. The average molecular weight is 581 g/mol. The lowest BCUT2D eigenvalue weighted by Crippen LogP contribution is -2.38. The van der Waals surface area contributed by atoms with Crippen molar-refractivity contribution in [3.05, 3.63) is 130 Å². The molecule has 0 aromatic rings. The van der Waals surface area contributed by atoms with Crippen molar-refractivity contribution >= 4 is 11.6 Å². The van der Waals surface area contributed by atoms with Gasteiger partial charge in [-0.2, -0.15) is 0 Å². The average Bonchev–Trinajstić information content (AvgIpc) is 2.92. The fourth-order valence-corrected chi connectivity index (χ4v) is 5.26. The quantitative estimate of drug-likeness (QED) is 0.262. The Balaban J connectivity index is 1.94. The molecule has 0 spiro atoms. The maximum absolute atomic E-state index is 12.2. The summed E-state index contributed by atoms with van der Waals surface area (Å²) in [6, 6.07) is 0. The number of hydrogen-bond acceptors (Lipinski definition) is 3. The molecule has 0 amide bonds. The molecule has 3 heteroatoms. The zero-order chi connectivity index (χ0) is 32.4. The molecule has 2 aliphatic rings. The summed E-state index contributed by atoms with van der Waals surface area (Å²) >= 11 is 0. The van der Waals surface area contributed by atoms with Gasteiger partial charge in [0, 0.05) is 18.3 Å². The summed E-state index contributed by atoms with van der Waals surface area (Å²) in [5.41, 5.74) is 7.75. The van der Waals surface area contributed by atoms with Crippen LogP contribution in [0, 0.1) is 10.8 Å². The molecule has 0 aromatic heterocycles. The second-order valence-electron chi connectivity index (χ2n) is 13.2. The molecule has 0 fully saturated rings. The summed E-state index contributed by atoms with van der Waals surface area (Å²) in [6.45, 7) is 20.4. The van der Waals surface area contributed by atoms with Crippen molar-refractivity contribution in [2.24, 2.45) is 10.8 Å². The van der Waals surface area contributed by atoms with Crippen molar-refractivity contribution in [2.75, 3.05) is 0 Å². The third kappa shape index (κ3) is 10.6. The van der Waals surface area contributed by atoms with Crippen molar-refractivity contribution in [2.45, 2.75) is 94.6 Å². The highest BCUT2D eigenvalue weighted by atomic mass is 16.3. The molecule has 0 aliphatic heterocycles. The van der Waals surface area contributed by atoms with E-state index in [0.717, 1.165) is 51.0 Å². The number of Topliss-reactive ketones (excluding diaryl/α,β-unsaturated/α-hetero) is 2. The standard InChI is InChI=1S/C40H52O3/c1-28(17-13-19-30(3)21-23-34-32(5)36(41)25-26-39(34,7)8)15-11-12-16-29(2)18-14-20-31(4)22-24-35-33(6)37(42)27-38(43)40(35,9)10/h11-24,38,43H,25-27H2,1-10H3. The van der Waals surface area contributed by atoms with Crippen LogP contribution in [0.15, 0.2) is 130 Å². The molecule has 2 rings (SSSR count). The Labute approximate surface area is 260 Å². The fraction of sp³-hybridized carbons (Fsp3) is 0.400. The number of aliphatic hydroxyl groups is 1. The van der Waals surface area contributed by atoms with Gasteiger partial charge in [-0.15, -0.1) is 0 Å². The normalized spacial score (nSPS) is 23.1. The predicted octanol–water partition coefficient (Wildman–Crippen LogP) is 9.93. The minimum atomic E-state index is -0.659. The minimum absolute atomic E-state index is 0.0188. The fourth-order valence-electron chi connectivity index (χ4n) is 5.26. The SMILES string of the molecule is CC(C=CC=C(C)C=CC1=C(C)C(=O)CCC1(C)C)=CC=CC=C(C)C=CC=C(C)C=CC1=C(C)C(=O)CC(O)C1(C)C. The third-order valence-electron chi connectivity index (χ3n) is 8.55. The van der Waals surface area contributed by atoms with E-state index in [2.05, 4.69) is 83.2 Å². The molecule has 1 unspecified atom stereocenters. The Morgan fingerprint density at radius 2 is 1.07 bits per heavy atom. The molecule has 2 aliphatic carbocycles. The van der Waals surface area contributed by atoms with Crippen LogP contribution < -0.4 is 0 Å². The summed E-state index contributed by atoms with van der Waals surface area (Å²) in [5.74, 6) is 0.283. The summed E-state index contributed by atoms with van der Waals surface area (Å²) in [7, 11) is 0. The number of carbonyl (C=O) groups excluding carboxylic acids is 2. The maximum atomic E-state index is 12.2. The van der Waals surface area contributed by atoms with Crippen molar-refractivity contribution in [3.8, 4) is 0 Å². The molecule has 1 N–H and O–H groups in total. The summed E-state index contributed by atoms with van der Waals surface area (Å²) in [4.78, 5) is 24.4. The van der Waals surface area contributed by atoms with Crippen LogP contribution in [0.25, 0.3) is 0 Å². The van der Waals surface area contributed by atoms with Crippen LogP contribution >= 0.6 is 0 Å². The Morgan fingerprint density at radius 1 is 0.651 bits per heavy atom. The first-order valence-electron chi connectivity index (χ1n) is 15.3. The van der Waals surface area contributed by atoms with Crippen molar-refractivity contribution in [3.63, 3.8) is 0 Å². The third-order valence-corrected chi connectivity index (χ3v) is 8.55. The van der Waals surface area contributed by atoms with Gasteiger partial charge in [0.25, 0.3) is 0 Å². The first-order chi connectivity index (χ1) is 20.1. The molecule has 0 bridgehead atoms. The van der Waals surface area contributed by atoms with Gasteiger partial charge in [0.2, 0.25) is 0 Å². The van der Waals surface area contributed by atoms with Crippen LogP contribution in [-0.4, -0.2) is 22.8 Å². The van der Waals surface area contributed by atoms with Crippen LogP contribution in [0.3, 0.4) is 0 Å². The topological polar surface area (TPSA) is 54.4 Å². The van der Waals surface area contributed by atoms with Crippen LogP contribution in [-0.2, 0) is 9.59 Å². The predicted molar refractivity (Wildman–Crippen MR) is 184 cm³/mol. The number of allylic oxidation sites excluding steroid dienone is 21. The lowest BCUT2D eigenvalue weighted by molar-refractivity contribution is -0.120. The zero-order valence-corrected chi connectivity index (χ0v) is 28.0. The monoisotopic (exact) mass is 580 g/mol. The van der Waals surface area contributed by atoms with Gasteiger partial charge in [-0.3, -0.25) is 9.59 Å². The zero-order valence-electron chi connectivity index (χ0n) is 28.0. The van der Waals surface area contributed by atoms with E-state index in [9.17, 15) is 14.7 Å². The second kappa shape index (κ2) is 15.8. The highest BCUT2D eigenvalue weighted by molar-refractivity contribution is 5.98. The number of ketones is 2. The minimum Gasteiger partial charge on any atom is -0.392 e. The molecular formula is C40H52O3. The molecule has 230 valence electrons. The molecule has 0 aromatic carbocycles. The molecular weight excluding hydrogens is 528 g/mol. The van der Waals surface area contributed by atoms with Crippen LogP contribution in [0.2, 0.25) is 0 Å². The van der Waals surface area contributed by atoms with E-state index in [1.54, 1.807) is 0 Å². The van der Waals surface area contributed by atoms with Gasteiger partial charge in [0.05, 0.1) is 6.10 Å². The Morgan fingerprint density at radius 3 is 1.58 bits per heavy atom. The van der Waals surface area contributed by atoms with Gasteiger partial charge in [0.15, 0.2) is 11.6 Å². The van der Waals surface area contributed by atoms with Crippen molar-refractivity contribution < 1.29 is 14.7 Å². The number of hydrogen-bond donors (Lipinski definition) is 1. The van der Waals surface area contributed by atoms with E-state index in [1.807, 2.05) is 71.1 Å². The molecule has 0 saturated carbocycles. The van der Waals surface area contributed by atoms with E-state index >= 15 is 0 Å². The summed E-state index contributed by atoms with van der Waals surface area (Å²) in [5, 5.41) is 10.4. The van der Waals surface area contributed by atoms with Gasteiger partial charge in [0.1, 0.15) is 0 Å². The smallest absolute Gasteiger partial charge is 0.161 e. The number of rotatable bonds is 10.